The standard InChI is InChI=1S/C15H17N3O2/c1-10-5-11(2)7-14(6-10)20-9-13-4-3-12(8-17-13)15(19)18-16/h3-8H,9,16H2,1-2H3,(H,18,19). The Hall–Kier alpha value is -2.40. The molecule has 0 saturated heterocycles. The minimum absolute atomic E-state index is 0.355. The SMILES string of the molecule is Cc1cc(C)cc(OCc2ccc(C(=O)NN)cn2)c1. The Morgan fingerprint density at radius 2 is 1.95 bits per heavy atom. The Morgan fingerprint density at radius 3 is 2.50 bits per heavy atom. The van der Waals surface area contributed by atoms with Crippen LogP contribution in [-0.4, -0.2) is 10.9 Å². The minimum atomic E-state index is -0.362. The van der Waals surface area contributed by atoms with E-state index in [0.717, 1.165) is 22.6 Å². The van der Waals surface area contributed by atoms with Gasteiger partial charge in [0.2, 0.25) is 0 Å². The van der Waals surface area contributed by atoms with Gasteiger partial charge in [0.15, 0.2) is 0 Å². The zero-order valence-corrected chi connectivity index (χ0v) is 11.5. The average Bonchev–Trinajstić information content (AvgIpc) is 2.44. The third kappa shape index (κ3) is 3.55. The number of hydrazine groups is 1. The lowest BCUT2D eigenvalue weighted by molar-refractivity contribution is 0.0953. The van der Waals surface area contributed by atoms with Crippen molar-refractivity contribution in [3.8, 4) is 5.75 Å². The van der Waals surface area contributed by atoms with E-state index in [1.165, 1.54) is 6.20 Å². The van der Waals surface area contributed by atoms with Gasteiger partial charge in [0.1, 0.15) is 12.4 Å². The molecule has 0 radical (unpaired) electrons. The number of carbonyl (C=O) groups excluding carboxylic acids is 1. The Bertz CT molecular complexity index is 589. The number of nitrogens with zero attached hydrogens (tertiary/aromatic N) is 1. The molecule has 0 saturated carbocycles. The van der Waals surface area contributed by atoms with Crippen molar-refractivity contribution in [1.29, 1.82) is 0 Å². The summed E-state index contributed by atoms with van der Waals surface area (Å²) in [5, 5.41) is 0. The van der Waals surface area contributed by atoms with Crippen molar-refractivity contribution in [1.82, 2.24) is 10.4 Å². The van der Waals surface area contributed by atoms with Crippen LogP contribution in [0.15, 0.2) is 36.5 Å². The van der Waals surface area contributed by atoms with Gasteiger partial charge in [-0.1, -0.05) is 6.07 Å². The second-order valence-electron chi connectivity index (χ2n) is 4.62. The molecule has 3 N–H and O–H groups in total. The topological polar surface area (TPSA) is 77.2 Å². The van der Waals surface area contributed by atoms with Gasteiger partial charge in [-0.2, -0.15) is 0 Å². The van der Waals surface area contributed by atoms with E-state index in [4.69, 9.17) is 10.6 Å². The van der Waals surface area contributed by atoms with E-state index in [9.17, 15) is 4.79 Å². The predicted octanol–water partition coefficient (Wildman–Crippen LogP) is 1.88. The molecule has 1 heterocycles. The maximum absolute atomic E-state index is 11.3. The first-order valence-corrected chi connectivity index (χ1v) is 6.25. The molecule has 2 rings (SSSR count). The van der Waals surface area contributed by atoms with Crippen LogP contribution in [0.4, 0.5) is 0 Å². The van der Waals surface area contributed by atoms with Gasteiger partial charge in [-0.25, -0.2) is 5.84 Å². The first-order valence-electron chi connectivity index (χ1n) is 6.25. The summed E-state index contributed by atoms with van der Waals surface area (Å²) in [6.45, 7) is 4.41. The highest BCUT2D eigenvalue weighted by molar-refractivity contribution is 5.93. The molecule has 5 heteroatoms. The van der Waals surface area contributed by atoms with E-state index in [1.54, 1.807) is 12.1 Å². The first-order chi connectivity index (χ1) is 9.58. The van der Waals surface area contributed by atoms with Crippen LogP contribution in [0.5, 0.6) is 5.75 Å². The number of benzene rings is 1. The second-order valence-corrected chi connectivity index (χ2v) is 4.62. The predicted molar refractivity (Wildman–Crippen MR) is 76.1 cm³/mol. The lowest BCUT2D eigenvalue weighted by Crippen LogP contribution is -2.30. The quantitative estimate of drug-likeness (QED) is 0.505. The van der Waals surface area contributed by atoms with E-state index >= 15 is 0 Å². The highest BCUT2D eigenvalue weighted by Crippen LogP contribution is 2.17. The summed E-state index contributed by atoms with van der Waals surface area (Å²) < 4.78 is 5.69. The van der Waals surface area contributed by atoms with Crippen LogP contribution in [0.3, 0.4) is 0 Å². The molecule has 0 aliphatic heterocycles. The average molecular weight is 271 g/mol. The van der Waals surface area contributed by atoms with Crippen LogP contribution >= 0.6 is 0 Å². The fourth-order valence-electron chi connectivity index (χ4n) is 1.90. The van der Waals surface area contributed by atoms with Crippen LogP contribution in [-0.2, 0) is 6.61 Å². The van der Waals surface area contributed by atoms with E-state index in [1.807, 2.05) is 26.0 Å². The van der Waals surface area contributed by atoms with E-state index in [2.05, 4.69) is 16.5 Å². The van der Waals surface area contributed by atoms with Crippen molar-refractivity contribution in [2.24, 2.45) is 5.84 Å². The molecule has 0 unspecified atom stereocenters. The molecular weight excluding hydrogens is 254 g/mol. The van der Waals surface area contributed by atoms with Gasteiger partial charge < -0.3 is 4.74 Å². The van der Waals surface area contributed by atoms with Crippen LogP contribution in [0.1, 0.15) is 27.2 Å². The van der Waals surface area contributed by atoms with Gasteiger partial charge in [0.05, 0.1) is 11.3 Å². The lowest BCUT2D eigenvalue weighted by atomic mass is 10.1. The summed E-state index contributed by atoms with van der Waals surface area (Å²) in [5.74, 6) is 5.50. The monoisotopic (exact) mass is 271 g/mol. The molecule has 0 bridgehead atoms. The molecular formula is C15H17N3O2. The smallest absolute Gasteiger partial charge is 0.266 e. The number of ether oxygens (including phenoxy) is 1. The zero-order valence-electron chi connectivity index (χ0n) is 11.5. The normalized spacial score (nSPS) is 10.2. The number of nitrogens with two attached hydrogens (primary N) is 1. The molecule has 2 aromatic rings. The molecule has 1 aromatic heterocycles. The second kappa shape index (κ2) is 6.16. The summed E-state index contributed by atoms with van der Waals surface area (Å²) in [5.41, 5.74) is 5.54. The molecule has 20 heavy (non-hydrogen) atoms. The maximum Gasteiger partial charge on any atom is 0.266 e. The Labute approximate surface area is 117 Å². The third-order valence-electron chi connectivity index (χ3n) is 2.80. The molecule has 1 aromatic carbocycles. The van der Waals surface area contributed by atoms with Crippen LogP contribution in [0.2, 0.25) is 0 Å². The molecule has 0 spiro atoms. The number of aryl methyl sites for hydroxylation is 2. The highest BCUT2D eigenvalue weighted by atomic mass is 16.5. The summed E-state index contributed by atoms with van der Waals surface area (Å²) >= 11 is 0. The fourth-order valence-corrected chi connectivity index (χ4v) is 1.90. The van der Waals surface area contributed by atoms with Crippen molar-refractivity contribution in [3.05, 3.63) is 58.9 Å². The highest BCUT2D eigenvalue weighted by Gasteiger charge is 2.04. The summed E-state index contributed by atoms with van der Waals surface area (Å²) in [6, 6.07) is 9.44. The number of pyridine rings is 1. The van der Waals surface area contributed by atoms with E-state index in [0.29, 0.717) is 12.2 Å². The molecule has 0 aliphatic carbocycles. The maximum atomic E-state index is 11.3. The molecule has 1 amide bonds. The van der Waals surface area contributed by atoms with Crippen LogP contribution in [0, 0.1) is 13.8 Å². The van der Waals surface area contributed by atoms with E-state index in [-0.39, 0.29) is 5.91 Å². The van der Waals surface area contributed by atoms with E-state index < -0.39 is 0 Å². The number of rotatable bonds is 4. The third-order valence-corrected chi connectivity index (χ3v) is 2.80. The van der Waals surface area contributed by atoms with Gasteiger partial charge in [-0.3, -0.25) is 15.2 Å². The fraction of sp³-hybridized carbons (Fsp3) is 0.200. The molecule has 0 aliphatic rings. The van der Waals surface area contributed by atoms with Gasteiger partial charge >= 0.3 is 0 Å². The molecule has 0 fully saturated rings. The minimum Gasteiger partial charge on any atom is -0.487 e. The Morgan fingerprint density at radius 1 is 1.25 bits per heavy atom. The number of carbonyl (C=O) groups is 1. The largest absolute Gasteiger partial charge is 0.487 e. The van der Waals surface area contributed by atoms with Crippen molar-refractivity contribution in [2.45, 2.75) is 20.5 Å². The number of hydrogen-bond donors (Lipinski definition) is 2. The van der Waals surface area contributed by atoms with Gasteiger partial charge in [0.25, 0.3) is 5.91 Å². The Kier molecular flexibility index (Phi) is 4.32. The molecule has 5 nitrogen and oxygen atoms in total. The lowest BCUT2D eigenvalue weighted by Gasteiger charge is -2.08. The summed E-state index contributed by atoms with van der Waals surface area (Å²) in [4.78, 5) is 15.4. The van der Waals surface area contributed by atoms with Crippen LogP contribution in [0.25, 0.3) is 0 Å². The number of hydrogen-bond acceptors (Lipinski definition) is 4. The first kappa shape index (κ1) is 14.0. The number of nitrogen functional groups attached to an aromatic ring is 1. The van der Waals surface area contributed by atoms with Crippen molar-refractivity contribution in [2.75, 3.05) is 0 Å². The number of aromatic nitrogens is 1. The zero-order chi connectivity index (χ0) is 14.5. The van der Waals surface area contributed by atoms with Gasteiger partial charge in [-0.05, 0) is 49.2 Å². The van der Waals surface area contributed by atoms with Crippen molar-refractivity contribution < 1.29 is 9.53 Å². The van der Waals surface area contributed by atoms with Gasteiger partial charge in [-0.15, -0.1) is 0 Å². The summed E-state index contributed by atoms with van der Waals surface area (Å²) in [7, 11) is 0. The van der Waals surface area contributed by atoms with Crippen molar-refractivity contribution >= 4 is 5.91 Å². The Balaban J connectivity index is 2.02. The van der Waals surface area contributed by atoms with Crippen molar-refractivity contribution in [3.63, 3.8) is 0 Å². The molecule has 0 atom stereocenters. The number of nitrogens with one attached hydrogen (secondary N) is 1. The van der Waals surface area contributed by atoms with Gasteiger partial charge in [0, 0.05) is 6.20 Å². The number of amides is 1. The summed E-state index contributed by atoms with van der Waals surface area (Å²) in [6.07, 6.45) is 1.47. The van der Waals surface area contributed by atoms with Crippen LogP contribution < -0.4 is 16.0 Å². The molecule has 104 valence electrons.